The van der Waals surface area contributed by atoms with Crippen molar-refractivity contribution in [1.29, 1.82) is 0 Å². The van der Waals surface area contributed by atoms with Crippen molar-refractivity contribution in [1.82, 2.24) is 4.72 Å². The fraction of sp³-hybridized carbons (Fsp3) is 0.333. The summed E-state index contributed by atoms with van der Waals surface area (Å²) in [5.41, 5.74) is 0.757. The first kappa shape index (κ1) is 20.0. The SMILES string of the molecule is COc1ccc(S(=O)(=O)NCC(OC)c2ccccc2OC)cc1OC. The molecule has 0 amide bonds. The lowest BCUT2D eigenvalue weighted by atomic mass is 10.1. The second kappa shape index (κ2) is 8.88. The standard InChI is InChI=1S/C18H23NO6S/c1-22-15-8-6-5-7-14(15)18(25-4)12-19-26(20,21)13-9-10-16(23-2)17(11-13)24-3/h5-11,18-19H,12H2,1-4H3. The van der Waals surface area contributed by atoms with Gasteiger partial charge in [0, 0.05) is 25.3 Å². The minimum absolute atomic E-state index is 0.0492. The summed E-state index contributed by atoms with van der Waals surface area (Å²) in [7, 11) is 2.25. The maximum atomic E-state index is 12.6. The number of nitrogens with one attached hydrogen (secondary N) is 1. The molecule has 26 heavy (non-hydrogen) atoms. The summed E-state index contributed by atoms with van der Waals surface area (Å²) in [6, 6.07) is 11.7. The molecular weight excluding hydrogens is 358 g/mol. The van der Waals surface area contributed by atoms with Gasteiger partial charge in [-0.05, 0) is 18.2 Å². The average Bonchev–Trinajstić information content (AvgIpc) is 2.68. The Hall–Kier alpha value is -2.29. The Morgan fingerprint density at radius 1 is 0.885 bits per heavy atom. The quantitative estimate of drug-likeness (QED) is 0.718. The average molecular weight is 381 g/mol. The summed E-state index contributed by atoms with van der Waals surface area (Å²) >= 11 is 0. The molecule has 0 aromatic heterocycles. The van der Waals surface area contributed by atoms with Gasteiger partial charge in [0.05, 0.1) is 32.3 Å². The van der Waals surface area contributed by atoms with Crippen LogP contribution in [-0.2, 0) is 14.8 Å². The highest BCUT2D eigenvalue weighted by atomic mass is 32.2. The van der Waals surface area contributed by atoms with Crippen LogP contribution < -0.4 is 18.9 Å². The second-order valence-corrected chi connectivity index (χ2v) is 7.10. The number of methoxy groups -OCH3 is 4. The molecule has 0 aliphatic heterocycles. The maximum Gasteiger partial charge on any atom is 0.240 e. The van der Waals surface area contributed by atoms with E-state index in [4.69, 9.17) is 18.9 Å². The number of benzene rings is 2. The van der Waals surface area contributed by atoms with Crippen molar-refractivity contribution in [3.8, 4) is 17.2 Å². The second-order valence-electron chi connectivity index (χ2n) is 5.33. The van der Waals surface area contributed by atoms with Crippen molar-refractivity contribution in [2.45, 2.75) is 11.0 Å². The number of hydrogen-bond donors (Lipinski definition) is 1. The molecule has 0 radical (unpaired) electrons. The van der Waals surface area contributed by atoms with Crippen LogP contribution in [0.3, 0.4) is 0 Å². The van der Waals surface area contributed by atoms with Crippen LogP contribution in [0.2, 0.25) is 0 Å². The third-order valence-electron chi connectivity index (χ3n) is 3.89. The first-order valence-electron chi connectivity index (χ1n) is 7.84. The Bertz CT molecular complexity index is 837. The zero-order valence-corrected chi connectivity index (χ0v) is 16.0. The third kappa shape index (κ3) is 4.46. The van der Waals surface area contributed by atoms with Gasteiger partial charge in [-0.15, -0.1) is 0 Å². The molecule has 1 N–H and O–H groups in total. The smallest absolute Gasteiger partial charge is 0.240 e. The molecular formula is C18H23NO6S. The van der Waals surface area contributed by atoms with E-state index >= 15 is 0 Å². The number of ether oxygens (including phenoxy) is 4. The van der Waals surface area contributed by atoms with Crippen LogP contribution in [0, 0.1) is 0 Å². The van der Waals surface area contributed by atoms with Crippen molar-refractivity contribution >= 4 is 10.0 Å². The molecule has 0 spiro atoms. The highest BCUT2D eigenvalue weighted by Gasteiger charge is 2.21. The van der Waals surface area contributed by atoms with Crippen LogP contribution in [0.5, 0.6) is 17.2 Å². The maximum absolute atomic E-state index is 12.6. The minimum atomic E-state index is -3.76. The summed E-state index contributed by atoms with van der Waals surface area (Å²) in [5, 5.41) is 0. The summed E-state index contributed by atoms with van der Waals surface area (Å²) in [6.45, 7) is 0.0492. The summed E-state index contributed by atoms with van der Waals surface area (Å²) in [4.78, 5) is 0.0741. The number of hydrogen-bond acceptors (Lipinski definition) is 6. The van der Waals surface area contributed by atoms with E-state index in [9.17, 15) is 8.42 Å². The first-order chi connectivity index (χ1) is 12.5. The van der Waals surface area contributed by atoms with E-state index < -0.39 is 16.1 Å². The van der Waals surface area contributed by atoms with E-state index in [-0.39, 0.29) is 11.4 Å². The lowest BCUT2D eigenvalue weighted by Crippen LogP contribution is -2.29. The molecule has 1 atom stereocenters. The van der Waals surface area contributed by atoms with E-state index in [1.165, 1.54) is 33.5 Å². The molecule has 8 heteroatoms. The van der Waals surface area contributed by atoms with Gasteiger partial charge in [0.1, 0.15) is 5.75 Å². The fourth-order valence-electron chi connectivity index (χ4n) is 2.51. The predicted molar refractivity (Wildman–Crippen MR) is 97.5 cm³/mol. The lowest BCUT2D eigenvalue weighted by molar-refractivity contribution is 0.105. The van der Waals surface area contributed by atoms with Gasteiger partial charge in [-0.25, -0.2) is 13.1 Å². The van der Waals surface area contributed by atoms with Crippen molar-refractivity contribution in [3.05, 3.63) is 48.0 Å². The van der Waals surface area contributed by atoms with E-state index in [0.717, 1.165) is 5.56 Å². The normalized spacial score (nSPS) is 12.5. The Balaban J connectivity index is 2.21. The molecule has 142 valence electrons. The van der Waals surface area contributed by atoms with Crippen LogP contribution in [0.25, 0.3) is 0 Å². The van der Waals surface area contributed by atoms with Gasteiger partial charge in [0.2, 0.25) is 10.0 Å². The monoisotopic (exact) mass is 381 g/mol. The molecule has 0 aliphatic rings. The van der Waals surface area contributed by atoms with Crippen LogP contribution in [0.15, 0.2) is 47.4 Å². The number of rotatable bonds is 9. The first-order valence-corrected chi connectivity index (χ1v) is 9.32. The van der Waals surface area contributed by atoms with Gasteiger partial charge in [0.25, 0.3) is 0 Å². The summed E-state index contributed by atoms with van der Waals surface area (Å²) in [5.74, 6) is 1.42. The highest BCUT2D eigenvalue weighted by Crippen LogP contribution is 2.30. The topological polar surface area (TPSA) is 83.1 Å². The van der Waals surface area contributed by atoms with Crippen molar-refractivity contribution in [2.75, 3.05) is 35.0 Å². The molecule has 2 rings (SSSR count). The zero-order valence-electron chi connectivity index (χ0n) is 15.2. The molecule has 2 aromatic carbocycles. The Labute approximate surface area is 153 Å². The fourth-order valence-corrected chi connectivity index (χ4v) is 3.55. The van der Waals surface area contributed by atoms with Gasteiger partial charge in [-0.2, -0.15) is 0 Å². The van der Waals surface area contributed by atoms with Crippen molar-refractivity contribution in [3.63, 3.8) is 0 Å². The summed E-state index contributed by atoms with van der Waals surface area (Å²) < 4.78 is 48.8. The molecule has 1 unspecified atom stereocenters. The van der Waals surface area contributed by atoms with E-state index in [1.54, 1.807) is 19.2 Å². The van der Waals surface area contributed by atoms with E-state index in [0.29, 0.717) is 17.2 Å². The van der Waals surface area contributed by atoms with Crippen LogP contribution in [-0.4, -0.2) is 43.4 Å². The van der Waals surface area contributed by atoms with Gasteiger partial charge in [-0.1, -0.05) is 18.2 Å². The molecule has 0 bridgehead atoms. The predicted octanol–water partition coefficient (Wildman–Crippen LogP) is 2.38. The highest BCUT2D eigenvalue weighted by molar-refractivity contribution is 7.89. The molecule has 0 saturated heterocycles. The van der Waals surface area contributed by atoms with Crippen molar-refractivity contribution in [2.24, 2.45) is 0 Å². The zero-order chi connectivity index (χ0) is 19.2. The molecule has 7 nitrogen and oxygen atoms in total. The third-order valence-corrected chi connectivity index (χ3v) is 5.32. The van der Waals surface area contributed by atoms with Gasteiger partial charge in [-0.3, -0.25) is 0 Å². The molecule has 0 aliphatic carbocycles. The molecule has 0 saturated carbocycles. The van der Waals surface area contributed by atoms with Crippen molar-refractivity contribution < 1.29 is 27.4 Å². The van der Waals surface area contributed by atoms with Gasteiger partial charge < -0.3 is 18.9 Å². The molecule has 0 fully saturated rings. The van der Waals surface area contributed by atoms with E-state index in [2.05, 4.69) is 4.72 Å². The lowest BCUT2D eigenvalue weighted by Gasteiger charge is -2.19. The molecule has 0 heterocycles. The van der Waals surface area contributed by atoms with Gasteiger partial charge in [0.15, 0.2) is 11.5 Å². The summed E-state index contributed by atoms with van der Waals surface area (Å²) in [6.07, 6.45) is -0.499. The van der Waals surface area contributed by atoms with Gasteiger partial charge >= 0.3 is 0 Å². The largest absolute Gasteiger partial charge is 0.496 e. The number of para-hydroxylation sites is 1. The minimum Gasteiger partial charge on any atom is -0.496 e. The van der Waals surface area contributed by atoms with E-state index in [1.807, 2.05) is 18.2 Å². The Kier molecular flexibility index (Phi) is 6.84. The Morgan fingerprint density at radius 3 is 2.15 bits per heavy atom. The van der Waals surface area contributed by atoms with Crippen LogP contribution in [0.4, 0.5) is 0 Å². The number of sulfonamides is 1. The van der Waals surface area contributed by atoms with Crippen LogP contribution >= 0.6 is 0 Å². The van der Waals surface area contributed by atoms with Crippen LogP contribution in [0.1, 0.15) is 11.7 Å². The molecule has 2 aromatic rings. The Morgan fingerprint density at radius 2 is 1.54 bits per heavy atom.